The fourth-order valence-corrected chi connectivity index (χ4v) is 2.08. The van der Waals surface area contributed by atoms with E-state index in [0.717, 1.165) is 25.9 Å². The molecule has 0 aromatic heterocycles. The highest BCUT2D eigenvalue weighted by Crippen LogP contribution is 2.16. The predicted octanol–water partition coefficient (Wildman–Crippen LogP) is -0.161. The lowest BCUT2D eigenvalue weighted by Gasteiger charge is -2.29. The van der Waals surface area contributed by atoms with Crippen LogP contribution in [0.1, 0.15) is 12.8 Å². The largest absolute Gasteiger partial charge is 0.492 e. The molecule has 2 rings (SSSR count). The van der Waals surface area contributed by atoms with Crippen LogP contribution < -0.4 is 10.2 Å². The monoisotopic (exact) mass is 235 g/mol. The first kappa shape index (κ1) is 12.4. The van der Waals surface area contributed by atoms with Crippen LogP contribution in [0.5, 0.6) is 5.75 Å². The number of para-hydroxylation sites is 1. The molecule has 5 heteroatoms. The van der Waals surface area contributed by atoms with E-state index in [-0.39, 0.29) is 6.10 Å². The molecule has 17 heavy (non-hydrogen) atoms. The van der Waals surface area contributed by atoms with Crippen molar-refractivity contribution < 1.29 is 14.8 Å². The smallest absolute Gasteiger partial charge is 0.491 e. The highest BCUT2D eigenvalue weighted by atomic mass is 16.5. The summed E-state index contributed by atoms with van der Waals surface area (Å²) in [5.41, 5.74) is 0.437. The number of nitrogens with zero attached hydrogens (tertiary/aromatic N) is 1. The van der Waals surface area contributed by atoms with Crippen molar-refractivity contribution >= 4 is 12.6 Å². The molecule has 1 aromatic rings. The van der Waals surface area contributed by atoms with Gasteiger partial charge in [0.2, 0.25) is 0 Å². The molecule has 0 radical (unpaired) electrons. The minimum atomic E-state index is -1.47. The van der Waals surface area contributed by atoms with Crippen LogP contribution in [0.4, 0.5) is 0 Å². The Morgan fingerprint density at radius 3 is 2.53 bits per heavy atom. The van der Waals surface area contributed by atoms with Gasteiger partial charge in [-0.2, -0.15) is 0 Å². The molecule has 0 saturated carbocycles. The second kappa shape index (κ2) is 5.53. The third-order valence-corrected chi connectivity index (χ3v) is 3.16. The maximum Gasteiger partial charge on any atom is 0.492 e. The van der Waals surface area contributed by atoms with Crippen LogP contribution in [0.25, 0.3) is 0 Å². The van der Waals surface area contributed by atoms with E-state index in [4.69, 9.17) is 4.74 Å². The Bertz CT molecular complexity index is 365. The molecule has 0 aliphatic carbocycles. The number of benzene rings is 1. The fraction of sp³-hybridized carbons (Fsp3) is 0.500. The lowest BCUT2D eigenvalue weighted by Crippen LogP contribution is -2.38. The summed E-state index contributed by atoms with van der Waals surface area (Å²) in [7, 11) is 0.624. The summed E-state index contributed by atoms with van der Waals surface area (Å²) >= 11 is 0. The van der Waals surface area contributed by atoms with Gasteiger partial charge in [-0.05, 0) is 26.0 Å². The zero-order chi connectivity index (χ0) is 12.3. The number of likely N-dealkylation sites (tertiary alicyclic amines) is 1. The molecule has 1 saturated heterocycles. The molecule has 1 aliphatic heterocycles. The molecule has 0 atom stereocenters. The van der Waals surface area contributed by atoms with Gasteiger partial charge in [0.15, 0.2) is 0 Å². The van der Waals surface area contributed by atoms with E-state index in [2.05, 4.69) is 11.9 Å². The van der Waals surface area contributed by atoms with Gasteiger partial charge in [0, 0.05) is 18.6 Å². The lowest BCUT2D eigenvalue weighted by atomic mass is 9.79. The summed E-state index contributed by atoms with van der Waals surface area (Å²) < 4.78 is 5.85. The van der Waals surface area contributed by atoms with Gasteiger partial charge < -0.3 is 19.7 Å². The third-order valence-electron chi connectivity index (χ3n) is 3.16. The van der Waals surface area contributed by atoms with E-state index in [1.165, 1.54) is 0 Å². The maximum atomic E-state index is 9.24. The number of hydrogen-bond acceptors (Lipinski definition) is 4. The van der Waals surface area contributed by atoms with Crippen LogP contribution >= 0.6 is 0 Å². The lowest BCUT2D eigenvalue weighted by molar-refractivity contribution is 0.115. The Hall–Kier alpha value is -1.04. The van der Waals surface area contributed by atoms with Crippen LogP contribution in [-0.4, -0.2) is 48.3 Å². The van der Waals surface area contributed by atoms with Gasteiger partial charge in [0.25, 0.3) is 0 Å². The molecule has 1 aromatic carbocycles. The zero-order valence-corrected chi connectivity index (χ0v) is 10.0. The number of hydrogen-bond donors (Lipinski definition) is 2. The van der Waals surface area contributed by atoms with E-state index in [1.807, 2.05) is 6.07 Å². The average Bonchev–Trinajstić information content (AvgIpc) is 2.32. The van der Waals surface area contributed by atoms with Crippen LogP contribution in [0.2, 0.25) is 0 Å². The maximum absolute atomic E-state index is 9.24. The Morgan fingerprint density at radius 1 is 1.24 bits per heavy atom. The molecular weight excluding hydrogens is 217 g/mol. The van der Waals surface area contributed by atoms with Gasteiger partial charge in [-0.1, -0.05) is 18.2 Å². The molecule has 0 amide bonds. The molecule has 0 spiro atoms. The minimum Gasteiger partial charge on any atom is -0.491 e. The van der Waals surface area contributed by atoms with Crippen molar-refractivity contribution in [3.05, 3.63) is 24.3 Å². The molecular formula is C12H18BNO3. The summed E-state index contributed by atoms with van der Waals surface area (Å²) in [6.45, 7) is 2.04. The van der Waals surface area contributed by atoms with Gasteiger partial charge in [0.1, 0.15) is 11.9 Å². The molecule has 1 aliphatic rings. The first-order chi connectivity index (χ1) is 8.16. The van der Waals surface area contributed by atoms with Gasteiger partial charge >= 0.3 is 7.12 Å². The Morgan fingerprint density at radius 2 is 1.88 bits per heavy atom. The fourth-order valence-electron chi connectivity index (χ4n) is 2.08. The van der Waals surface area contributed by atoms with Crippen LogP contribution in [0.3, 0.4) is 0 Å². The summed E-state index contributed by atoms with van der Waals surface area (Å²) in [5.74, 6) is 0.581. The Labute approximate surface area is 102 Å². The number of ether oxygens (including phenoxy) is 1. The van der Waals surface area contributed by atoms with Crippen molar-refractivity contribution in [2.45, 2.75) is 18.9 Å². The van der Waals surface area contributed by atoms with Gasteiger partial charge in [0.05, 0.1) is 0 Å². The van der Waals surface area contributed by atoms with Crippen molar-refractivity contribution in [1.82, 2.24) is 4.90 Å². The minimum absolute atomic E-state index is 0.172. The van der Waals surface area contributed by atoms with E-state index in [9.17, 15) is 10.0 Å². The van der Waals surface area contributed by atoms with Crippen molar-refractivity contribution in [2.24, 2.45) is 0 Å². The summed E-state index contributed by atoms with van der Waals surface area (Å²) in [6, 6.07) is 7.08. The molecule has 4 nitrogen and oxygen atoms in total. The summed E-state index contributed by atoms with van der Waals surface area (Å²) in [4.78, 5) is 2.27. The molecule has 2 N–H and O–H groups in total. The third kappa shape index (κ3) is 3.22. The van der Waals surface area contributed by atoms with E-state index in [0.29, 0.717) is 11.2 Å². The van der Waals surface area contributed by atoms with Gasteiger partial charge in [-0.25, -0.2) is 0 Å². The van der Waals surface area contributed by atoms with Crippen molar-refractivity contribution in [1.29, 1.82) is 0 Å². The van der Waals surface area contributed by atoms with Crippen LogP contribution in [0.15, 0.2) is 24.3 Å². The topological polar surface area (TPSA) is 52.9 Å². The van der Waals surface area contributed by atoms with Crippen molar-refractivity contribution in [3.63, 3.8) is 0 Å². The van der Waals surface area contributed by atoms with E-state index in [1.54, 1.807) is 18.2 Å². The van der Waals surface area contributed by atoms with Gasteiger partial charge in [-0.15, -0.1) is 0 Å². The first-order valence-electron chi connectivity index (χ1n) is 5.97. The molecule has 1 heterocycles. The highest BCUT2D eigenvalue weighted by molar-refractivity contribution is 6.59. The quantitative estimate of drug-likeness (QED) is 0.715. The summed E-state index contributed by atoms with van der Waals surface area (Å²) in [5, 5.41) is 18.5. The standard InChI is InChI=1S/C12H18BNO3/c1-14-8-6-10(7-9-14)17-12-5-3-2-4-11(12)13(15)16/h2-5,10,15-16H,6-9H2,1H3. The second-order valence-electron chi connectivity index (χ2n) is 4.53. The Balaban J connectivity index is 2.03. The Kier molecular flexibility index (Phi) is 4.04. The highest BCUT2D eigenvalue weighted by Gasteiger charge is 2.22. The number of rotatable bonds is 3. The predicted molar refractivity (Wildman–Crippen MR) is 67.4 cm³/mol. The normalized spacial score (nSPS) is 18.1. The molecule has 0 unspecified atom stereocenters. The molecule has 92 valence electrons. The average molecular weight is 235 g/mol. The SMILES string of the molecule is CN1CCC(Oc2ccccc2B(O)O)CC1. The zero-order valence-electron chi connectivity index (χ0n) is 10.0. The molecule has 1 fully saturated rings. The van der Waals surface area contributed by atoms with Crippen molar-refractivity contribution in [2.75, 3.05) is 20.1 Å². The van der Waals surface area contributed by atoms with Gasteiger partial charge in [-0.3, -0.25) is 0 Å². The number of piperidine rings is 1. The van der Waals surface area contributed by atoms with Crippen LogP contribution in [0, 0.1) is 0 Å². The van der Waals surface area contributed by atoms with E-state index >= 15 is 0 Å². The molecule has 0 bridgehead atoms. The summed E-state index contributed by atoms with van der Waals surface area (Å²) in [6.07, 6.45) is 2.13. The first-order valence-corrected chi connectivity index (χ1v) is 5.97. The van der Waals surface area contributed by atoms with Crippen LogP contribution in [-0.2, 0) is 0 Å². The second-order valence-corrected chi connectivity index (χ2v) is 4.53. The van der Waals surface area contributed by atoms with Crippen molar-refractivity contribution in [3.8, 4) is 5.75 Å². The van der Waals surface area contributed by atoms with E-state index < -0.39 is 7.12 Å².